The second-order valence-corrected chi connectivity index (χ2v) is 4.13. The number of rotatable bonds is 4. The summed E-state index contributed by atoms with van der Waals surface area (Å²) in [5.41, 5.74) is -0.870. The van der Waals surface area contributed by atoms with Crippen molar-refractivity contribution >= 4 is 5.97 Å². The van der Waals surface area contributed by atoms with E-state index in [1.807, 2.05) is 6.92 Å². The molecule has 0 spiro atoms. The van der Waals surface area contributed by atoms with Gasteiger partial charge in [0.2, 0.25) is 0 Å². The van der Waals surface area contributed by atoms with Crippen molar-refractivity contribution in [3.63, 3.8) is 0 Å². The maximum absolute atomic E-state index is 11.2. The second-order valence-electron chi connectivity index (χ2n) is 4.13. The monoisotopic (exact) mass is 199 g/mol. The molecule has 1 aliphatic carbocycles. The van der Waals surface area contributed by atoms with E-state index >= 15 is 0 Å². The van der Waals surface area contributed by atoms with Crippen molar-refractivity contribution < 1.29 is 15.0 Å². The molecular weight excluding hydrogens is 180 g/mol. The molecule has 1 saturated carbocycles. The Bertz CT molecular complexity index is 195. The Morgan fingerprint density at radius 3 is 2.50 bits per heavy atom. The second kappa shape index (κ2) is 4.78. The van der Waals surface area contributed by atoms with E-state index in [0.29, 0.717) is 19.3 Å². The third-order valence-electron chi connectivity index (χ3n) is 3.22. The highest BCUT2D eigenvalue weighted by atomic mass is 16.4. The molecule has 0 heterocycles. The Hall–Kier alpha value is -0.570. The molecule has 81 valence electrons. The van der Waals surface area contributed by atoms with E-state index in [-0.39, 0.29) is 0 Å². The number of aliphatic carboxylic acids is 1. The van der Waals surface area contributed by atoms with Crippen LogP contribution in [0.1, 0.15) is 45.4 Å². The summed E-state index contributed by atoms with van der Waals surface area (Å²) in [6, 6.07) is 0. The summed E-state index contributed by atoms with van der Waals surface area (Å²) in [7, 11) is 0. The Kier molecular flexibility index (Phi) is 3.93. The molecule has 2 N–H and O–H groups in total. The van der Waals surface area contributed by atoms with E-state index in [1.165, 1.54) is 0 Å². The van der Waals surface area contributed by atoms with E-state index in [0.717, 1.165) is 19.3 Å². The van der Waals surface area contributed by atoms with Crippen molar-refractivity contribution in [3.05, 3.63) is 6.42 Å². The summed E-state index contributed by atoms with van der Waals surface area (Å²) >= 11 is 0. The van der Waals surface area contributed by atoms with Crippen molar-refractivity contribution in [2.75, 3.05) is 0 Å². The average molecular weight is 199 g/mol. The largest absolute Gasteiger partial charge is 0.481 e. The first kappa shape index (κ1) is 11.5. The van der Waals surface area contributed by atoms with Crippen molar-refractivity contribution in [2.24, 2.45) is 5.41 Å². The Balaban J connectivity index is 2.74. The van der Waals surface area contributed by atoms with Gasteiger partial charge in [0.25, 0.3) is 0 Å². The predicted molar refractivity (Wildman–Crippen MR) is 53.8 cm³/mol. The highest BCUT2D eigenvalue weighted by Crippen LogP contribution is 2.40. The number of aliphatic hydroxyl groups excluding tert-OH is 1. The zero-order chi connectivity index (χ0) is 10.6. The summed E-state index contributed by atoms with van der Waals surface area (Å²) in [6.45, 7) is 1.97. The summed E-state index contributed by atoms with van der Waals surface area (Å²) in [5.74, 6) is -0.827. The van der Waals surface area contributed by atoms with Gasteiger partial charge in [-0.15, -0.1) is 0 Å². The fourth-order valence-corrected chi connectivity index (χ4v) is 2.23. The van der Waals surface area contributed by atoms with E-state index < -0.39 is 17.5 Å². The average Bonchev–Trinajstić information content (AvgIpc) is 2.19. The van der Waals surface area contributed by atoms with Gasteiger partial charge in [-0.2, -0.15) is 0 Å². The van der Waals surface area contributed by atoms with Crippen LogP contribution < -0.4 is 0 Å². The first-order valence-electron chi connectivity index (χ1n) is 5.36. The Morgan fingerprint density at radius 1 is 1.50 bits per heavy atom. The molecule has 3 nitrogen and oxygen atoms in total. The van der Waals surface area contributed by atoms with E-state index in [1.54, 1.807) is 0 Å². The lowest BCUT2D eigenvalue weighted by atomic mass is 9.69. The molecule has 1 rings (SSSR count). The standard InChI is InChI=1S/C11H19O3/c1-2-6-9(12)11(10(13)14)7-4-3-5-8-11/h3,9,12H,2,4-8H2,1H3,(H,13,14). The smallest absolute Gasteiger partial charge is 0.312 e. The fraction of sp³-hybridized carbons (Fsp3) is 0.818. The maximum atomic E-state index is 11.2. The predicted octanol–water partition coefficient (Wildman–Crippen LogP) is 2.00. The molecule has 0 aromatic rings. The third-order valence-corrected chi connectivity index (χ3v) is 3.22. The zero-order valence-electron chi connectivity index (χ0n) is 8.70. The third kappa shape index (κ3) is 2.08. The molecule has 0 aliphatic heterocycles. The Labute approximate surface area is 85.1 Å². The van der Waals surface area contributed by atoms with Gasteiger partial charge >= 0.3 is 5.97 Å². The van der Waals surface area contributed by atoms with Crippen LogP contribution in [0.3, 0.4) is 0 Å². The molecular formula is C11H19O3. The minimum atomic E-state index is -0.870. The zero-order valence-corrected chi connectivity index (χ0v) is 8.70. The highest BCUT2D eigenvalue weighted by Gasteiger charge is 2.45. The van der Waals surface area contributed by atoms with Crippen LogP contribution in [0.15, 0.2) is 0 Å². The van der Waals surface area contributed by atoms with E-state index in [9.17, 15) is 15.0 Å². The van der Waals surface area contributed by atoms with Gasteiger partial charge in [-0.05, 0) is 38.5 Å². The summed E-state index contributed by atoms with van der Waals surface area (Å²) in [4.78, 5) is 11.2. The van der Waals surface area contributed by atoms with Gasteiger partial charge in [-0.1, -0.05) is 13.3 Å². The van der Waals surface area contributed by atoms with Crippen LogP contribution in [-0.2, 0) is 4.79 Å². The van der Waals surface area contributed by atoms with Gasteiger partial charge < -0.3 is 10.2 Å². The van der Waals surface area contributed by atoms with Crippen LogP contribution in [0.2, 0.25) is 0 Å². The summed E-state index contributed by atoms with van der Waals surface area (Å²) in [6.07, 6.45) is 5.65. The maximum Gasteiger partial charge on any atom is 0.312 e. The molecule has 1 fully saturated rings. The van der Waals surface area contributed by atoms with Crippen LogP contribution in [0.4, 0.5) is 0 Å². The number of aliphatic hydroxyl groups is 1. The van der Waals surface area contributed by atoms with Gasteiger partial charge in [0.05, 0.1) is 11.5 Å². The minimum absolute atomic E-state index is 0.587. The van der Waals surface area contributed by atoms with Crippen LogP contribution in [0.5, 0.6) is 0 Å². The highest BCUT2D eigenvalue weighted by molar-refractivity contribution is 5.75. The number of carboxylic acids is 1. The van der Waals surface area contributed by atoms with Crippen molar-refractivity contribution in [1.82, 2.24) is 0 Å². The molecule has 1 radical (unpaired) electrons. The van der Waals surface area contributed by atoms with Crippen molar-refractivity contribution in [2.45, 2.75) is 51.6 Å². The fourth-order valence-electron chi connectivity index (χ4n) is 2.23. The lowest BCUT2D eigenvalue weighted by Gasteiger charge is -2.37. The van der Waals surface area contributed by atoms with Gasteiger partial charge in [0.15, 0.2) is 0 Å². The molecule has 14 heavy (non-hydrogen) atoms. The SMILES string of the molecule is CCCC(O)C1(C(=O)O)CC[CH]CC1. The molecule has 1 aliphatic rings. The molecule has 1 unspecified atom stereocenters. The van der Waals surface area contributed by atoms with Gasteiger partial charge in [-0.25, -0.2) is 0 Å². The molecule has 3 heteroatoms. The molecule has 0 saturated heterocycles. The first-order valence-corrected chi connectivity index (χ1v) is 5.36. The van der Waals surface area contributed by atoms with Gasteiger partial charge in [-0.3, -0.25) is 4.79 Å². The quantitative estimate of drug-likeness (QED) is 0.728. The summed E-state index contributed by atoms with van der Waals surface area (Å²) < 4.78 is 0. The van der Waals surface area contributed by atoms with Crippen LogP contribution in [0, 0.1) is 11.8 Å². The normalized spacial score (nSPS) is 23.0. The molecule has 1 atom stereocenters. The molecule has 0 amide bonds. The van der Waals surface area contributed by atoms with Crippen LogP contribution >= 0.6 is 0 Å². The molecule has 0 bridgehead atoms. The van der Waals surface area contributed by atoms with Gasteiger partial charge in [0, 0.05) is 0 Å². The van der Waals surface area contributed by atoms with Gasteiger partial charge in [0.1, 0.15) is 0 Å². The lowest BCUT2D eigenvalue weighted by Crippen LogP contribution is -2.44. The van der Waals surface area contributed by atoms with Crippen molar-refractivity contribution in [1.29, 1.82) is 0 Å². The number of hydrogen-bond acceptors (Lipinski definition) is 2. The minimum Gasteiger partial charge on any atom is -0.481 e. The first-order chi connectivity index (χ1) is 6.63. The topological polar surface area (TPSA) is 57.5 Å². The Morgan fingerprint density at radius 2 is 2.07 bits per heavy atom. The molecule has 0 aromatic carbocycles. The molecule has 0 aromatic heterocycles. The lowest BCUT2D eigenvalue weighted by molar-refractivity contribution is -0.159. The van der Waals surface area contributed by atoms with E-state index in [2.05, 4.69) is 6.42 Å². The number of carboxylic acid groups (broad SMARTS) is 1. The van der Waals surface area contributed by atoms with E-state index in [4.69, 9.17) is 0 Å². The summed E-state index contributed by atoms with van der Waals surface area (Å²) in [5, 5.41) is 19.1. The number of carbonyl (C=O) groups is 1. The van der Waals surface area contributed by atoms with Crippen LogP contribution in [0.25, 0.3) is 0 Å². The number of hydrogen-bond donors (Lipinski definition) is 2. The van der Waals surface area contributed by atoms with Crippen molar-refractivity contribution in [3.8, 4) is 0 Å². The van der Waals surface area contributed by atoms with Crippen LogP contribution in [-0.4, -0.2) is 22.3 Å².